The third-order valence-electron chi connectivity index (χ3n) is 5.33. The number of hydrogen-bond donors (Lipinski definition) is 1. The molecule has 1 N–H and O–H groups in total. The number of carbonyl (C=O) groups is 1. The maximum atomic E-state index is 13.0. The molecule has 7 nitrogen and oxygen atoms in total. The monoisotopic (exact) mass is 387 g/mol. The normalized spacial score (nSPS) is 16.4. The van der Waals surface area contributed by atoms with Crippen LogP contribution in [0, 0.1) is 0 Å². The molecule has 0 radical (unpaired) electrons. The maximum absolute atomic E-state index is 13.0. The van der Waals surface area contributed by atoms with Gasteiger partial charge in [-0.3, -0.25) is 4.79 Å². The second-order valence-electron chi connectivity index (χ2n) is 7.23. The van der Waals surface area contributed by atoms with Crippen molar-refractivity contribution >= 4 is 16.8 Å². The van der Waals surface area contributed by atoms with Crippen molar-refractivity contribution in [3.05, 3.63) is 78.2 Å². The molecule has 1 fully saturated rings. The van der Waals surface area contributed by atoms with Crippen LogP contribution in [0.5, 0.6) is 5.75 Å². The molecule has 1 unspecified atom stereocenters. The van der Waals surface area contributed by atoms with E-state index in [1.807, 2.05) is 70.4 Å². The van der Waals surface area contributed by atoms with Gasteiger partial charge in [0.2, 0.25) is 0 Å². The number of nitrogens with one attached hydrogen (secondary N) is 1. The molecular weight excluding hydrogens is 366 g/mol. The maximum Gasteiger partial charge on any atom is 0.256 e. The third-order valence-corrected chi connectivity index (χ3v) is 5.33. The van der Waals surface area contributed by atoms with Crippen LogP contribution in [0.25, 0.3) is 10.9 Å². The summed E-state index contributed by atoms with van der Waals surface area (Å²) in [5, 5.41) is 9.44. The Morgan fingerprint density at radius 1 is 1.14 bits per heavy atom. The van der Waals surface area contributed by atoms with Gasteiger partial charge in [0, 0.05) is 30.2 Å². The summed E-state index contributed by atoms with van der Waals surface area (Å²) >= 11 is 0. The highest BCUT2D eigenvalue weighted by Crippen LogP contribution is 2.25. The number of H-pyrrole nitrogens is 1. The van der Waals surface area contributed by atoms with Crippen molar-refractivity contribution in [2.24, 2.45) is 0 Å². The van der Waals surface area contributed by atoms with E-state index in [9.17, 15) is 4.79 Å². The van der Waals surface area contributed by atoms with Crippen LogP contribution in [0.3, 0.4) is 0 Å². The Kier molecular flexibility index (Phi) is 4.48. The van der Waals surface area contributed by atoms with Crippen LogP contribution >= 0.6 is 0 Å². The Labute approximate surface area is 167 Å². The van der Waals surface area contributed by atoms with Crippen LogP contribution in [0.4, 0.5) is 0 Å². The highest BCUT2D eigenvalue weighted by molar-refractivity contribution is 6.06. The smallest absolute Gasteiger partial charge is 0.256 e. The van der Waals surface area contributed by atoms with Crippen LogP contribution in [-0.4, -0.2) is 43.9 Å². The summed E-state index contributed by atoms with van der Waals surface area (Å²) in [7, 11) is 0. The van der Waals surface area contributed by atoms with Crippen molar-refractivity contribution in [1.82, 2.24) is 24.9 Å². The van der Waals surface area contributed by atoms with E-state index in [2.05, 4.69) is 15.3 Å². The molecule has 2 aromatic carbocycles. The molecule has 1 saturated heterocycles. The minimum atomic E-state index is 0.0534. The molecule has 0 saturated carbocycles. The molecular formula is C22H21N5O2. The van der Waals surface area contributed by atoms with Crippen LogP contribution in [0.2, 0.25) is 0 Å². The predicted octanol–water partition coefficient (Wildman–Crippen LogP) is 3.43. The van der Waals surface area contributed by atoms with Gasteiger partial charge in [0.25, 0.3) is 5.91 Å². The molecule has 1 amide bonds. The van der Waals surface area contributed by atoms with Gasteiger partial charge in [-0.15, -0.1) is 5.10 Å². The van der Waals surface area contributed by atoms with Gasteiger partial charge >= 0.3 is 0 Å². The number of para-hydroxylation sites is 2. The quantitative estimate of drug-likeness (QED) is 0.569. The Bertz CT molecular complexity index is 1130. The molecule has 0 bridgehead atoms. The highest BCUT2D eigenvalue weighted by Gasteiger charge is 2.30. The molecule has 29 heavy (non-hydrogen) atoms. The average Bonchev–Trinajstić information content (AvgIpc) is 3.51. The van der Waals surface area contributed by atoms with E-state index < -0.39 is 0 Å². The molecule has 2 aromatic heterocycles. The Balaban J connectivity index is 1.24. The van der Waals surface area contributed by atoms with Crippen LogP contribution in [-0.2, 0) is 6.61 Å². The van der Waals surface area contributed by atoms with Gasteiger partial charge in [0.1, 0.15) is 18.1 Å². The van der Waals surface area contributed by atoms with Crippen LogP contribution < -0.4 is 4.74 Å². The number of ether oxygens (including phenoxy) is 1. The van der Waals surface area contributed by atoms with E-state index in [-0.39, 0.29) is 11.9 Å². The third kappa shape index (κ3) is 3.47. The SMILES string of the molecule is O=C(c1c[nH]c2ccccc12)N1CCC(n2cc(COc3ccccc3)nn2)C1. The van der Waals surface area contributed by atoms with Gasteiger partial charge < -0.3 is 14.6 Å². The lowest BCUT2D eigenvalue weighted by Gasteiger charge is -2.16. The molecule has 4 aromatic rings. The van der Waals surface area contributed by atoms with Gasteiger partial charge in [-0.05, 0) is 24.6 Å². The number of rotatable bonds is 5. The summed E-state index contributed by atoms with van der Waals surface area (Å²) in [5.41, 5.74) is 2.47. The fourth-order valence-electron chi connectivity index (χ4n) is 3.79. The molecule has 1 aliphatic heterocycles. The minimum Gasteiger partial charge on any atom is -0.487 e. The Morgan fingerprint density at radius 2 is 1.97 bits per heavy atom. The first-order chi connectivity index (χ1) is 14.3. The summed E-state index contributed by atoms with van der Waals surface area (Å²) in [4.78, 5) is 18.1. The number of nitrogens with zero attached hydrogens (tertiary/aromatic N) is 4. The zero-order valence-electron chi connectivity index (χ0n) is 15.9. The van der Waals surface area contributed by atoms with Crippen molar-refractivity contribution in [3.63, 3.8) is 0 Å². The van der Waals surface area contributed by atoms with E-state index in [1.54, 1.807) is 6.20 Å². The highest BCUT2D eigenvalue weighted by atomic mass is 16.5. The first-order valence-electron chi connectivity index (χ1n) is 9.72. The summed E-state index contributed by atoms with van der Waals surface area (Å²) in [6.45, 7) is 1.70. The van der Waals surface area contributed by atoms with E-state index >= 15 is 0 Å². The number of fused-ring (bicyclic) bond motifs is 1. The molecule has 1 atom stereocenters. The first-order valence-corrected chi connectivity index (χ1v) is 9.72. The molecule has 7 heteroatoms. The lowest BCUT2D eigenvalue weighted by Crippen LogP contribution is -2.29. The zero-order valence-corrected chi connectivity index (χ0v) is 15.9. The van der Waals surface area contributed by atoms with Gasteiger partial charge in [0.15, 0.2) is 0 Å². The number of likely N-dealkylation sites (tertiary alicyclic amines) is 1. The fourth-order valence-corrected chi connectivity index (χ4v) is 3.79. The number of hydrogen-bond acceptors (Lipinski definition) is 4. The van der Waals surface area contributed by atoms with Crippen molar-refractivity contribution in [3.8, 4) is 5.75 Å². The lowest BCUT2D eigenvalue weighted by molar-refractivity contribution is 0.0789. The molecule has 0 aliphatic carbocycles. The van der Waals surface area contributed by atoms with Gasteiger partial charge in [-0.1, -0.05) is 41.6 Å². The molecule has 5 rings (SSSR count). The Morgan fingerprint density at radius 3 is 2.86 bits per heavy atom. The predicted molar refractivity (Wildman–Crippen MR) is 109 cm³/mol. The van der Waals surface area contributed by atoms with E-state index in [0.717, 1.165) is 34.3 Å². The number of aromatic amines is 1. The van der Waals surface area contributed by atoms with E-state index in [4.69, 9.17) is 4.74 Å². The van der Waals surface area contributed by atoms with Crippen molar-refractivity contribution in [2.45, 2.75) is 19.1 Å². The molecule has 0 spiro atoms. The zero-order chi connectivity index (χ0) is 19.6. The standard InChI is InChI=1S/C22H21N5O2/c28-22(20-12-23-21-9-5-4-8-19(20)21)26-11-10-17(14-26)27-13-16(24-25-27)15-29-18-6-2-1-3-7-18/h1-9,12-13,17,23H,10-11,14-15H2. The van der Waals surface area contributed by atoms with E-state index in [1.165, 1.54) is 0 Å². The number of amides is 1. The minimum absolute atomic E-state index is 0.0534. The number of benzene rings is 2. The number of aromatic nitrogens is 4. The Hall–Kier alpha value is -3.61. The van der Waals surface area contributed by atoms with Crippen LogP contribution in [0.1, 0.15) is 28.5 Å². The van der Waals surface area contributed by atoms with Crippen LogP contribution in [0.15, 0.2) is 67.0 Å². The average molecular weight is 387 g/mol. The van der Waals surface area contributed by atoms with Crippen molar-refractivity contribution in [1.29, 1.82) is 0 Å². The lowest BCUT2D eigenvalue weighted by atomic mass is 10.1. The van der Waals surface area contributed by atoms with Crippen molar-refractivity contribution < 1.29 is 9.53 Å². The molecule has 3 heterocycles. The topological polar surface area (TPSA) is 76.0 Å². The fraction of sp³-hybridized carbons (Fsp3) is 0.227. The summed E-state index contributed by atoms with van der Waals surface area (Å²) < 4.78 is 7.59. The van der Waals surface area contributed by atoms with Crippen molar-refractivity contribution in [2.75, 3.05) is 13.1 Å². The molecule has 146 valence electrons. The largest absolute Gasteiger partial charge is 0.487 e. The summed E-state index contributed by atoms with van der Waals surface area (Å²) in [6.07, 6.45) is 4.57. The second-order valence-corrected chi connectivity index (χ2v) is 7.23. The number of carbonyl (C=O) groups excluding carboxylic acids is 1. The molecule has 1 aliphatic rings. The second kappa shape index (κ2) is 7.43. The van der Waals surface area contributed by atoms with Gasteiger partial charge in [-0.2, -0.15) is 0 Å². The first kappa shape index (κ1) is 17.5. The van der Waals surface area contributed by atoms with Gasteiger partial charge in [-0.25, -0.2) is 4.68 Å². The van der Waals surface area contributed by atoms with E-state index in [0.29, 0.717) is 19.7 Å². The summed E-state index contributed by atoms with van der Waals surface area (Å²) in [5.74, 6) is 0.858. The van der Waals surface area contributed by atoms with Gasteiger partial charge in [0.05, 0.1) is 17.8 Å². The summed E-state index contributed by atoms with van der Waals surface area (Å²) in [6, 6.07) is 17.6.